The molecule has 0 aliphatic carbocycles. The van der Waals surface area contributed by atoms with Gasteiger partial charge in [-0.1, -0.05) is 49.6 Å². The van der Waals surface area contributed by atoms with Crippen LogP contribution in [0.25, 0.3) is 0 Å². The third-order valence-electron chi connectivity index (χ3n) is 5.78. The van der Waals surface area contributed by atoms with Crippen LogP contribution in [-0.2, 0) is 11.3 Å². The van der Waals surface area contributed by atoms with Gasteiger partial charge in [0.05, 0.1) is 6.10 Å². The van der Waals surface area contributed by atoms with Crippen molar-refractivity contribution in [2.75, 3.05) is 45.8 Å². The Morgan fingerprint density at radius 1 is 0.889 bits per heavy atom. The maximum Gasteiger partial charge on any atom is 0.223 e. The van der Waals surface area contributed by atoms with Gasteiger partial charge in [-0.3, -0.25) is 9.69 Å². The van der Waals surface area contributed by atoms with E-state index < -0.39 is 6.10 Å². The molecule has 1 aromatic rings. The second-order valence-corrected chi connectivity index (χ2v) is 8.07. The summed E-state index contributed by atoms with van der Waals surface area (Å²) in [5.41, 5.74) is 1.25. The molecule has 0 aromatic heterocycles. The van der Waals surface area contributed by atoms with Crippen molar-refractivity contribution in [1.29, 1.82) is 0 Å². The molecule has 0 saturated carbocycles. The summed E-state index contributed by atoms with van der Waals surface area (Å²) in [5.74, 6) is 0.192. The molecule has 0 unspecified atom stereocenters. The van der Waals surface area contributed by atoms with E-state index in [1.807, 2.05) is 23.1 Å². The van der Waals surface area contributed by atoms with Gasteiger partial charge in [-0.05, 0) is 31.5 Å². The fourth-order valence-corrected chi connectivity index (χ4v) is 4.22. The zero-order chi connectivity index (χ0) is 18.9. The first-order valence-corrected chi connectivity index (χ1v) is 10.7. The summed E-state index contributed by atoms with van der Waals surface area (Å²) in [6.45, 7) is 6.56. The van der Waals surface area contributed by atoms with Crippen LogP contribution in [0.15, 0.2) is 30.3 Å². The van der Waals surface area contributed by atoms with Gasteiger partial charge in [0.1, 0.15) is 0 Å². The minimum Gasteiger partial charge on any atom is -0.390 e. The number of nitrogens with zero attached hydrogens (tertiary/aromatic N) is 3. The quantitative estimate of drug-likeness (QED) is 0.861. The Balaban J connectivity index is 1.46. The van der Waals surface area contributed by atoms with Crippen LogP contribution in [0.2, 0.25) is 0 Å². The van der Waals surface area contributed by atoms with Crippen molar-refractivity contribution < 1.29 is 9.90 Å². The maximum absolute atomic E-state index is 12.7. The lowest BCUT2D eigenvalue weighted by molar-refractivity contribution is -0.132. The number of β-amino-alcohol motifs (C(OH)–C–C–N with tert-alkyl or cyclic N) is 1. The van der Waals surface area contributed by atoms with Crippen LogP contribution in [-0.4, -0.2) is 77.6 Å². The third-order valence-corrected chi connectivity index (χ3v) is 5.78. The zero-order valence-corrected chi connectivity index (χ0v) is 16.6. The summed E-state index contributed by atoms with van der Waals surface area (Å²) in [4.78, 5) is 19.3. The van der Waals surface area contributed by atoms with Crippen molar-refractivity contribution >= 4 is 5.91 Å². The predicted octanol–water partition coefficient (Wildman–Crippen LogP) is 2.35. The summed E-state index contributed by atoms with van der Waals surface area (Å²) in [7, 11) is 0. The molecule has 5 heteroatoms. The van der Waals surface area contributed by atoms with Crippen molar-refractivity contribution in [3.63, 3.8) is 0 Å². The fraction of sp³-hybridized carbons (Fsp3) is 0.682. The molecule has 2 saturated heterocycles. The van der Waals surface area contributed by atoms with E-state index in [1.54, 1.807) is 0 Å². The van der Waals surface area contributed by atoms with E-state index in [9.17, 15) is 9.90 Å². The predicted molar refractivity (Wildman–Crippen MR) is 108 cm³/mol. The fourth-order valence-electron chi connectivity index (χ4n) is 4.22. The molecule has 150 valence electrons. The molecule has 0 spiro atoms. The lowest BCUT2D eigenvalue weighted by atomic mass is 10.1. The normalized spacial score (nSPS) is 23.4. The number of hydrogen-bond acceptors (Lipinski definition) is 4. The first-order valence-electron chi connectivity index (χ1n) is 10.7. The van der Waals surface area contributed by atoms with E-state index in [1.165, 1.54) is 37.7 Å². The highest BCUT2D eigenvalue weighted by atomic mass is 16.3. The Morgan fingerprint density at radius 2 is 1.59 bits per heavy atom. The van der Waals surface area contributed by atoms with Crippen LogP contribution in [0.4, 0.5) is 0 Å². The van der Waals surface area contributed by atoms with Crippen LogP contribution in [0, 0.1) is 0 Å². The molecule has 2 aliphatic heterocycles. The second kappa shape index (κ2) is 10.8. The molecule has 1 aromatic carbocycles. The summed E-state index contributed by atoms with van der Waals surface area (Å²) in [5, 5.41) is 10.4. The molecule has 1 N–H and O–H groups in total. The minimum absolute atomic E-state index is 0.192. The van der Waals surface area contributed by atoms with E-state index in [-0.39, 0.29) is 5.91 Å². The number of aliphatic hydroxyl groups excluding tert-OH is 1. The molecule has 2 aliphatic rings. The first kappa shape index (κ1) is 20.3. The standard InChI is InChI=1S/C22H35N3O2/c26-21-18-24(17-20-9-5-4-6-10-20)15-16-25(19-21)22(27)11-14-23-12-7-2-1-3-8-13-23/h4-6,9-10,21,26H,1-3,7-8,11-19H2/t21-/m0/s1. The number of amides is 1. The highest BCUT2D eigenvalue weighted by molar-refractivity contribution is 5.76. The van der Waals surface area contributed by atoms with Crippen molar-refractivity contribution in [2.24, 2.45) is 0 Å². The van der Waals surface area contributed by atoms with Crippen molar-refractivity contribution in [1.82, 2.24) is 14.7 Å². The number of hydrogen-bond donors (Lipinski definition) is 1. The van der Waals surface area contributed by atoms with Crippen LogP contribution in [0.5, 0.6) is 0 Å². The molecular formula is C22H35N3O2. The Morgan fingerprint density at radius 3 is 2.33 bits per heavy atom. The molecular weight excluding hydrogens is 338 g/mol. The molecule has 0 radical (unpaired) electrons. The third kappa shape index (κ3) is 6.91. The highest BCUT2D eigenvalue weighted by Gasteiger charge is 2.24. The molecule has 5 nitrogen and oxygen atoms in total. The lowest BCUT2D eigenvalue weighted by Crippen LogP contribution is -2.39. The van der Waals surface area contributed by atoms with E-state index in [0.717, 1.165) is 32.7 Å². The summed E-state index contributed by atoms with van der Waals surface area (Å²) in [6.07, 6.45) is 6.61. The maximum atomic E-state index is 12.7. The van der Waals surface area contributed by atoms with Gasteiger partial charge in [-0.15, -0.1) is 0 Å². The average molecular weight is 374 g/mol. The van der Waals surface area contributed by atoms with Crippen molar-refractivity contribution in [3.8, 4) is 0 Å². The smallest absolute Gasteiger partial charge is 0.223 e. The first-order chi connectivity index (χ1) is 13.2. The SMILES string of the molecule is O=C(CCN1CCCCCCC1)N1CCN(Cc2ccccc2)C[C@H](O)C1. The van der Waals surface area contributed by atoms with Crippen LogP contribution in [0.1, 0.15) is 44.1 Å². The number of aliphatic hydroxyl groups is 1. The number of likely N-dealkylation sites (tertiary alicyclic amines) is 1. The highest BCUT2D eigenvalue weighted by Crippen LogP contribution is 2.13. The molecule has 2 fully saturated rings. The largest absolute Gasteiger partial charge is 0.390 e. The monoisotopic (exact) mass is 373 g/mol. The van der Waals surface area contributed by atoms with E-state index >= 15 is 0 Å². The van der Waals surface area contributed by atoms with Gasteiger partial charge in [0.2, 0.25) is 5.91 Å². The Labute approximate surface area is 163 Å². The summed E-state index contributed by atoms with van der Waals surface area (Å²) >= 11 is 0. The number of carbonyl (C=O) groups excluding carboxylic acids is 1. The lowest BCUT2D eigenvalue weighted by Gasteiger charge is -2.26. The van der Waals surface area contributed by atoms with Crippen molar-refractivity contribution in [2.45, 2.75) is 51.2 Å². The molecule has 1 amide bonds. The van der Waals surface area contributed by atoms with Gasteiger partial charge >= 0.3 is 0 Å². The number of benzene rings is 1. The summed E-state index contributed by atoms with van der Waals surface area (Å²) < 4.78 is 0. The second-order valence-electron chi connectivity index (χ2n) is 8.07. The Kier molecular flexibility index (Phi) is 8.11. The molecule has 2 heterocycles. The number of carbonyl (C=O) groups is 1. The van der Waals surface area contributed by atoms with Gasteiger partial charge < -0.3 is 14.9 Å². The molecule has 27 heavy (non-hydrogen) atoms. The van der Waals surface area contributed by atoms with Crippen LogP contribution in [0.3, 0.4) is 0 Å². The van der Waals surface area contributed by atoms with Gasteiger partial charge in [0.25, 0.3) is 0 Å². The van der Waals surface area contributed by atoms with Gasteiger partial charge in [-0.25, -0.2) is 0 Å². The average Bonchev–Trinajstić information content (AvgIpc) is 2.82. The zero-order valence-electron chi connectivity index (χ0n) is 16.6. The Bertz CT molecular complexity index is 558. The topological polar surface area (TPSA) is 47.0 Å². The molecule has 0 bridgehead atoms. The summed E-state index contributed by atoms with van der Waals surface area (Å²) in [6, 6.07) is 10.3. The van der Waals surface area contributed by atoms with Gasteiger partial charge in [-0.2, -0.15) is 0 Å². The van der Waals surface area contributed by atoms with Crippen molar-refractivity contribution in [3.05, 3.63) is 35.9 Å². The van der Waals surface area contributed by atoms with Crippen LogP contribution < -0.4 is 0 Å². The van der Waals surface area contributed by atoms with E-state index in [2.05, 4.69) is 21.9 Å². The van der Waals surface area contributed by atoms with Gasteiger partial charge in [0.15, 0.2) is 0 Å². The van der Waals surface area contributed by atoms with Gasteiger partial charge in [0, 0.05) is 45.7 Å². The Hall–Kier alpha value is -1.43. The van der Waals surface area contributed by atoms with E-state index in [0.29, 0.717) is 26.1 Å². The molecule has 3 rings (SSSR count). The minimum atomic E-state index is -0.470. The van der Waals surface area contributed by atoms with E-state index in [4.69, 9.17) is 0 Å². The number of rotatable bonds is 5. The van der Waals surface area contributed by atoms with Crippen LogP contribution >= 0.6 is 0 Å². The molecule has 1 atom stereocenters.